The third-order valence-corrected chi connectivity index (χ3v) is 6.72. The molecule has 1 aliphatic heterocycles. The lowest BCUT2D eigenvalue weighted by molar-refractivity contribution is -0.204. The number of carbonyl (C=O) groups excluding carboxylic acids is 2. The Bertz CT molecular complexity index is 1160. The quantitative estimate of drug-likeness (QED) is 0.0759. The Labute approximate surface area is 238 Å². The number of imidazole rings is 1. The maximum Gasteiger partial charge on any atom is 0.244 e. The standard InChI is InChI=1S/C27H41N7O7/c1-2-3-4-5-6-7-8-9-10-11-12-18(37)28-13-19(38)33-20-22(39)23(40)27(41-24(20)17(36)14-35)34-26-21-25(30-15-29-21)31-16-32-26/h9-12,15-17,20,22-24,27,35-36,39-40H,2-8,13-14H2,1H3,(H,28,37)(H,33,38)(H2,29,30,31,32,34)/b10-9+,12-11+/t17-,20+,22+,23+,24-,27-/m0/s1. The number of nitrogens with one attached hydrogen (secondary N) is 4. The molecular formula is C27H41N7O7. The molecule has 3 heterocycles. The summed E-state index contributed by atoms with van der Waals surface area (Å²) < 4.78 is 5.76. The predicted molar refractivity (Wildman–Crippen MR) is 150 cm³/mol. The van der Waals surface area contributed by atoms with E-state index in [2.05, 4.69) is 42.8 Å². The van der Waals surface area contributed by atoms with Crippen molar-refractivity contribution in [3.8, 4) is 0 Å². The van der Waals surface area contributed by atoms with Gasteiger partial charge in [0.1, 0.15) is 36.3 Å². The molecule has 0 bridgehead atoms. The van der Waals surface area contributed by atoms with Gasteiger partial charge < -0.3 is 46.1 Å². The fourth-order valence-electron chi connectivity index (χ4n) is 4.47. The van der Waals surface area contributed by atoms with E-state index in [1.165, 1.54) is 50.8 Å². The highest BCUT2D eigenvalue weighted by atomic mass is 16.5. The SMILES string of the molecule is CCCCCCCC/C=C/C=C/C(=O)NCC(=O)N[C@@H]1[C@@H](O)[C@@H](O)[C@@H](Nc2ncnc3nc[nH]c23)O[C@H]1[C@@H](O)CO. The minimum Gasteiger partial charge on any atom is -0.394 e. The van der Waals surface area contributed by atoms with E-state index in [1.807, 2.05) is 6.08 Å². The Morgan fingerprint density at radius 2 is 1.88 bits per heavy atom. The fourth-order valence-corrected chi connectivity index (χ4v) is 4.47. The van der Waals surface area contributed by atoms with Gasteiger partial charge in [0.15, 0.2) is 17.7 Å². The average molecular weight is 576 g/mol. The summed E-state index contributed by atoms with van der Waals surface area (Å²) in [5, 5.41) is 49.2. The topological polar surface area (TPSA) is 215 Å². The van der Waals surface area contributed by atoms with E-state index < -0.39 is 61.7 Å². The van der Waals surface area contributed by atoms with Crippen LogP contribution in [0, 0.1) is 0 Å². The number of H-pyrrole nitrogens is 1. The molecular weight excluding hydrogens is 534 g/mol. The van der Waals surface area contributed by atoms with Crippen LogP contribution in [-0.4, -0.2) is 102 Å². The summed E-state index contributed by atoms with van der Waals surface area (Å²) in [5.74, 6) is -0.964. The van der Waals surface area contributed by atoms with Crippen molar-refractivity contribution in [2.24, 2.45) is 0 Å². The van der Waals surface area contributed by atoms with Gasteiger partial charge in [0, 0.05) is 6.08 Å². The number of aliphatic hydroxyl groups is 4. The van der Waals surface area contributed by atoms with E-state index in [0.29, 0.717) is 11.2 Å². The van der Waals surface area contributed by atoms with Gasteiger partial charge in [-0.2, -0.15) is 0 Å². The molecule has 1 fully saturated rings. The number of amides is 2. The average Bonchev–Trinajstić information content (AvgIpc) is 3.46. The second-order valence-corrected chi connectivity index (χ2v) is 9.87. The molecule has 0 spiro atoms. The number of anilines is 1. The van der Waals surface area contributed by atoms with Crippen molar-refractivity contribution in [2.45, 2.75) is 88.6 Å². The van der Waals surface area contributed by atoms with E-state index in [9.17, 15) is 30.0 Å². The second kappa shape index (κ2) is 16.7. The van der Waals surface area contributed by atoms with Crippen molar-refractivity contribution < 1.29 is 34.8 Å². The maximum atomic E-state index is 12.6. The Morgan fingerprint density at radius 3 is 2.66 bits per heavy atom. The first-order chi connectivity index (χ1) is 19.8. The van der Waals surface area contributed by atoms with Crippen LogP contribution in [0.2, 0.25) is 0 Å². The summed E-state index contributed by atoms with van der Waals surface area (Å²) >= 11 is 0. The lowest BCUT2D eigenvalue weighted by Crippen LogP contribution is -2.68. The Balaban J connectivity index is 1.49. The van der Waals surface area contributed by atoms with E-state index in [-0.39, 0.29) is 5.82 Å². The molecule has 0 aromatic carbocycles. The lowest BCUT2D eigenvalue weighted by Gasteiger charge is -2.44. The molecule has 2 aromatic heterocycles. The van der Waals surface area contributed by atoms with Crippen molar-refractivity contribution in [2.75, 3.05) is 18.5 Å². The zero-order valence-corrected chi connectivity index (χ0v) is 23.1. The van der Waals surface area contributed by atoms with Crippen molar-refractivity contribution in [1.82, 2.24) is 30.6 Å². The molecule has 6 atom stereocenters. The van der Waals surface area contributed by atoms with Crippen molar-refractivity contribution in [3.63, 3.8) is 0 Å². The number of ether oxygens (including phenoxy) is 1. The highest BCUT2D eigenvalue weighted by molar-refractivity contribution is 5.91. The number of fused-ring (bicyclic) bond motifs is 1. The molecule has 2 amide bonds. The molecule has 2 aromatic rings. The van der Waals surface area contributed by atoms with E-state index in [1.54, 1.807) is 12.2 Å². The van der Waals surface area contributed by atoms with Gasteiger partial charge in [-0.05, 0) is 12.8 Å². The van der Waals surface area contributed by atoms with Crippen LogP contribution in [0.4, 0.5) is 5.82 Å². The molecule has 0 aliphatic carbocycles. The van der Waals surface area contributed by atoms with Crippen LogP contribution in [0.25, 0.3) is 11.2 Å². The number of hydrogen-bond donors (Lipinski definition) is 8. The maximum absolute atomic E-state index is 12.6. The zero-order valence-electron chi connectivity index (χ0n) is 23.1. The molecule has 14 heteroatoms. The minimum absolute atomic E-state index is 0.219. The van der Waals surface area contributed by atoms with Gasteiger partial charge in [-0.15, -0.1) is 0 Å². The zero-order chi connectivity index (χ0) is 29.6. The summed E-state index contributed by atoms with van der Waals surface area (Å²) in [6, 6.07) is -1.30. The van der Waals surface area contributed by atoms with Crippen LogP contribution >= 0.6 is 0 Å². The number of rotatable bonds is 16. The Morgan fingerprint density at radius 1 is 1.10 bits per heavy atom. The van der Waals surface area contributed by atoms with Crippen LogP contribution in [0.1, 0.15) is 51.9 Å². The van der Waals surface area contributed by atoms with Crippen LogP contribution < -0.4 is 16.0 Å². The van der Waals surface area contributed by atoms with Gasteiger partial charge in [-0.25, -0.2) is 15.0 Å². The number of carbonyl (C=O) groups is 2. The van der Waals surface area contributed by atoms with Crippen LogP contribution in [0.5, 0.6) is 0 Å². The monoisotopic (exact) mass is 575 g/mol. The molecule has 0 unspecified atom stereocenters. The number of aromatic nitrogens is 4. The summed E-state index contributed by atoms with van der Waals surface area (Å²) in [5.41, 5.74) is 0.775. The molecule has 8 N–H and O–H groups in total. The van der Waals surface area contributed by atoms with Gasteiger partial charge in [0.25, 0.3) is 0 Å². The number of aliphatic hydroxyl groups excluding tert-OH is 4. The van der Waals surface area contributed by atoms with Gasteiger partial charge in [-0.1, -0.05) is 57.3 Å². The van der Waals surface area contributed by atoms with Gasteiger partial charge in [0.05, 0.1) is 25.5 Å². The summed E-state index contributed by atoms with van der Waals surface area (Å²) in [4.78, 5) is 39.6. The van der Waals surface area contributed by atoms with E-state index in [0.717, 1.165) is 12.8 Å². The Kier molecular flexibility index (Phi) is 13.1. The third kappa shape index (κ3) is 9.57. The largest absolute Gasteiger partial charge is 0.394 e. The van der Waals surface area contributed by atoms with Crippen molar-refractivity contribution in [1.29, 1.82) is 0 Å². The molecule has 0 radical (unpaired) electrons. The second-order valence-electron chi connectivity index (χ2n) is 9.87. The van der Waals surface area contributed by atoms with Crippen molar-refractivity contribution in [3.05, 3.63) is 37.0 Å². The van der Waals surface area contributed by atoms with Crippen molar-refractivity contribution >= 4 is 28.8 Å². The Hall–Kier alpha value is -3.43. The molecule has 41 heavy (non-hydrogen) atoms. The molecule has 0 saturated carbocycles. The molecule has 1 saturated heterocycles. The first kappa shape index (κ1) is 32.1. The first-order valence-corrected chi connectivity index (χ1v) is 14.0. The van der Waals surface area contributed by atoms with Crippen LogP contribution in [-0.2, 0) is 14.3 Å². The molecule has 226 valence electrons. The summed E-state index contributed by atoms with van der Waals surface area (Å²) in [6.07, 6.45) is 10.3. The summed E-state index contributed by atoms with van der Waals surface area (Å²) in [6.45, 7) is 1.03. The molecule has 3 rings (SSSR count). The number of unbranched alkanes of at least 4 members (excludes halogenated alkanes) is 6. The predicted octanol–water partition coefficient (Wildman–Crippen LogP) is 0.0287. The van der Waals surface area contributed by atoms with Crippen LogP contribution in [0.3, 0.4) is 0 Å². The smallest absolute Gasteiger partial charge is 0.244 e. The van der Waals surface area contributed by atoms with Gasteiger partial charge >= 0.3 is 0 Å². The highest BCUT2D eigenvalue weighted by Crippen LogP contribution is 2.26. The molecule has 14 nitrogen and oxygen atoms in total. The minimum atomic E-state index is -1.61. The number of aromatic amines is 1. The normalized spacial score (nSPS) is 23.7. The number of allylic oxidation sites excluding steroid dienone is 3. The summed E-state index contributed by atoms with van der Waals surface area (Å²) in [7, 11) is 0. The van der Waals surface area contributed by atoms with E-state index in [4.69, 9.17) is 4.74 Å². The highest BCUT2D eigenvalue weighted by Gasteiger charge is 2.48. The van der Waals surface area contributed by atoms with E-state index >= 15 is 0 Å². The van der Waals surface area contributed by atoms with Gasteiger partial charge in [-0.3, -0.25) is 9.59 Å². The molecule has 1 aliphatic rings. The number of nitrogens with zero attached hydrogens (tertiary/aromatic N) is 3. The number of hydrogen-bond acceptors (Lipinski definition) is 11. The third-order valence-electron chi connectivity index (χ3n) is 6.72. The fraction of sp³-hybridized carbons (Fsp3) is 0.593. The van der Waals surface area contributed by atoms with Gasteiger partial charge in [0.2, 0.25) is 11.8 Å². The van der Waals surface area contributed by atoms with Crippen LogP contribution in [0.15, 0.2) is 37.0 Å². The first-order valence-electron chi connectivity index (χ1n) is 14.0. The lowest BCUT2D eigenvalue weighted by atomic mass is 9.92.